The molecule has 0 saturated heterocycles. The molecule has 3 nitrogen and oxygen atoms in total. The van der Waals surface area contributed by atoms with Gasteiger partial charge in [0, 0.05) is 0 Å². The van der Waals surface area contributed by atoms with E-state index in [0.717, 1.165) is 0 Å². The molecular weight excluding hydrogens is 246 g/mol. The van der Waals surface area contributed by atoms with Crippen LogP contribution in [0.3, 0.4) is 0 Å². The monoisotopic (exact) mass is 248 g/mol. The number of hydrogen-bond acceptors (Lipinski definition) is 3. The summed E-state index contributed by atoms with van der Waals surface area (Å²) in [4.78, 5) is 0. The molecule has 0 aliphatic heterocycles. The molecule has 0 fully saturated rings. The summed E-state index contributed by atoms with van der Waals surface area (Å²) in [6, 6.07) is 5.09. The van der Waals surface area contributed by atoms with Crippen molar-refractivity contribution in [2.75, 3.05) is 0 Å². The fourth-order valence-electron chi connectivity index (χ4n) is 1.01. The first kappa shape index (κ1) is 9.77. The zero-order chi connectivity index (χ0) is 10.1. The molecule has 0 bridgehead atoms. The Balaban J connectivity index is 2.61. The third kappa shape index (κ3) is 1.71. The molecule has 0 amide bonds. The molecule has 0 N–H and O–H groups in total. The maximum absolute atomic E-state index is 5.92. The minimum atomic E-state index is -0.0454. The zero-order valence-corrected chi connectivity index (χ0v) is 8.94. The van der Waals surface area contributed by atoms with Crippen molar-refractivity contribution >= 4 is 34.8 Å². The normalized spacial score (nSPS) is 10.5. The minimum absolute atomic E-state index is 0.0454. The first-order chi connectivity index (χ1) is 6.68. The van der Waals surface area contributed by atoms with E-state index in [1.165, 1.54) is 0 Å². The summed E-state index contributed by atoms with van der Waals surface area (Å²) < 4.78 is 5.01. The van der Waals surface area contributed by atoms with Crippen molar-refractivity contribution in [1.29, 1.82) is 0 Å². The number of rotatable bonds is 1. The second-order valence-electron chi connectivity index (χ2n) is 2.46. The fourth-order valence-corrected chi connectivity index (χ4v) is 1.68. The van der Waals surface area contributed by atoms with E-state index < -0.39 is 0 Å². The van der Waals surface area contributed by atoms with Gasteiger partial charge in [0.1, 0.15) is 0 Å². The van der Waals surface area contributed by atoms with Gasteiger partial charge in [-0.1, -0.05) is 34.4 Å². The summed E-state index contributed by atoms with van der Waals surface area (Å²) in [6.07, 6.45) is 0. The highest BCUT2D eigenvalue weighted by Gasteiger charge is 2.14. The SMILES string of the molecule is Clc1nnc(-c2c(Cl)cccc2Cl)o1. The number of hydrogen-bond donors (Lipinski definition) is 0. The van der Waals surface area contributed by atoms with Gasteiger partial charge in [-0.25, -0.2) is 0 Å². The highest BCUT2D eigenvalue weighted by Crippen LogP contribution is 2.33. The molecule has 0 aliphatic carbocycles. The molecule has 2 aromatic rings. The van der Waals surface area contributed by atoms with Gasteiger partial charge in [0.25, 0.3) is 5.89 Å². The van der Waals surface area contributed by atoms with Crippen LogP contribution in [-0.2, 0) is 0 Å². The highest BCUT2D eigenvalue weighted by atomic mass is 35.5. The van der Waals surface area contributed by atoms with E-state index in [-0.39, 0.29) is 11.2 Å². The first-order valence-corrected chi connectivity index (χ1v) is 4.75. The van der Waals surface area contributed by atoms with Crippen LogP contribution in [0.2, 0.25) is 15.4 Å². The predicted octanol–water partition coefficient (Wildman–Crippen LogP) is 3.70. The van der Waals surface area contributed by atoms with E-state index in [0.29, 0.717) is 15.6 Å². The average Bonchev–Trinajstić information content (AvgIpc) is 2.51. The van der Waals surface area contributed by atoms with Gasteiger partial charge in [0.2, 0.25) is 0 Å². The molecule has 0 spiro atoms. The summed E-state index contributed by atoms with van der Waals surface area (Å²) in [5.74, 6) is 0.214. The van der Waals surface area contributed by atoms with Crippen molar-refractivity contribution in [2.24, 2.45) is 0 Å². The smallest absolute Gasteiger partial charge is 0.313 e. The van der Waals surface area contributed by atoms with Crippen LogP contribution in [0.15, 0.2) is 22.6 Å². The Morgan fingerprint density at radius 3 is 2.14 bits per heavy atom. The molecule has 0 unspecified atom stereocenters. The van der Waals surface area contributed by atoms with Crippen molar-refractivity contribution in [3.05, 3.63) is 33.6 Å². The van der Waals surface area contributed by atoms with Gasteiger partial charge in [-0.05, 0) is 23.7 Å². The van der Waals surface area contributed by atoms with Gasteiger partial charge in [-0.2, -0.15) is 0 Å². The van der Waals surface area contributed by atoms with Crippen molar-refractivity contribution in [2.45, 2.75) is 0 Å². The zero-order valence-electron chi connectivity index (χ0n) is 6.67. The van der Waals surface area contributed by atoms with Gasteiger partial charge in [0.15, 0.2) is 0 Å². The summed E-state index contributed by atoms with van der Waals surface area (Å²) in [7, 11) is 0. The lowest BCUT2D eigenvalue weighted by atomic mass is 10.2. The maximum Gasteiger partial charge on any atom is 0.313 e. The predicted molar refractivity (Wildman–Crippen MR) is 54.8 cm³/mol. The molecule has 1 aromatic carbocycles. The van der Waals surface area contributed by atoms with Crippen LogP contribution in [0, 0.1) is 0 Å². The Kier molecular flexibility index (Phi) is 2.63. The molecule has 1 aromatic heterocycles. The molecule has 1 heterocycles. The Bertz CT molecular complexity index is 449. The summed E-state index contributed by atoms with van der Waals surface area (Å²) in [6.45, 7) is 0. The second-order valence-corrected chi connectivity index (χ2v) is 3.59. The number of benzene rings is 1. The molecule has 72 valence electrons. The van der Waals surface area contributed by atoms with Gasteiger partial charge < -0.3 is 4.42 Å². The minimum Gasteiger partial charge on any atom is -0.407 e. The largest absolute Gasteiger partial charge is 0.407 e. The number of halogens is 3. The van der Waals surface area contributed by atoms with Crippen LogP contribution in [0.4, 0.5) is 0 Å². The van der Waals surface area contributed by atoms with Gasteiger partial charge >= 0.3 is 5.35 Å². The molecule has 2 rings (SSSR count). The molecule has 6 heteroatoms. The van der Waals surface area contributed by atoms with Crippen LogP contribution >= 0.6 is 34.8 Å². The molecule has 14 heavy (non-hydrogen) atoms. The van der Waals surface area contributed by atoms with E-state index in [1.807, 2.05) is 0 Å². The lowest BCUT2D eigenvalue weighted by molar-refractivity contribution is 0.571. The van der Waals surface area contributed by atoms with E-state index in [2.05, 4.69) is 10.2 Å². The number of nitrogens with zero attached hydrogens (tertiary/aromatic N) is 2. The Morgan fingerprint density at radius 1 is 1.00 bits per heavy atom. The standard InChI is InChI=1S/C8H3Cl3N2O/c9-4-2-1-3-5(10)6(4)7-12-13-8(11)14-7/h1-3H. The fraction of sp³-hybridized carbons (Fsp3) is 0. The van der Waals surface area contributed by atoms with E-state index in [1.54, 1.807) is 18.2 Å². The molecular formula is C8H3Cl3N2O. The second kappa shape index (κ2) is 3.77. The van der Waals surface area contributed by atoms with E-state index in [9.17, 15) is 0 Å². The van der Waals surface area contributed by atoms with E-state index in [4.69, 9.17) is 39.2 Å². The van der Waals surface area contributed by atoms with Crippen LogP contribution in [0.1, 0.15) is 0 Å². The van der Waals surface area contributed by atoms with Gasteiger partial charge in [-0.3, -0.25) is 0 Å². The summed E-state index contributed by atoms with van der Waals surface area (Å²) >= 11 is 17.3. The van der Waals surface area contributed by atoms with Crippen molar-refractivity contribution in [3.63, 3.8) is 0 Å². The summed E-state index contributed by atoms with van der Waals surface area (Å²) in [5, 5.41) is 8.04. The first-order valence-electron chi connectivity index (χ1n) is 3.62. The molecule has 0 saturated carbocycles. The Labute approximate surface area is 94.6 Å². The lowest BCUT2D eigenvalue weighted by Crippen LogP contribution is -1.81. The third-order valence-electron chi connectivity index (χ3n) is 1.58. The number of aromatic nitrogens is 2. The third-order valence-corrected chi connectivity index (χ3v) is 2.36. The van der Waals surface area contributed by atoms with Gasteiger partial charge in [0.05, 0.1) is 15.6 Å². The average molecular weight is 249 g/mol. The van der Waals surface area contributed by atoms with Crippen molar-refractivity contribution in [1.82, 2.24) is 10.2 Å². The van der Waals surface area contributed by atoms with Crippen LogP contribution in [0.25, 0.3) is 11.5 Å². The van der Waals surface area contributed by atoms with Crippen LogP contribution in [-0.4, -0.2) is 10.2 Å². The van der Waals surface area contributed by atoms with E-state index >= 15 is 0 Å². The Hall–Kier alpha value is -0.770. The highest BCUT2D eigenvalue weighted by molar-refractivity contribution is 6.38. The van der Waals surface area contributed by atoms with Crippen molar-refractivity contribution < 1.29 is 4.42 Å². The van der Waals surface area contributed by atoms with Crippen LogP contribution in [0.5, 0.6) is 0 Å². The van der Waals surface area contributed by atoms with Gasteiger partial charge in [-0.15, -0.1) is 5.10 Å². The Morgan fingerprint density at radius 2 is 1.64 bits per heavy atom. The quantitative estimate of drug-likeness (QED) is 0.773. The topological polar surface area (TPSA) is 38.9 Å². The molecule has 0 radical (unpaired) electrons. The summed E-state index contributed by atoms with van der Waals surface area (Å²) in [5.41, 5.74) is 0.496. The lowest BCUT2D eigenvalue weighted by Gasteiger charge is -2.00. The van der Waals surface area contributed by atoms with Crippen molar-refractivity contribution in [3.8, 4) is 11.5 Å². The van der Waals surface area contributed by atoms with Crippen LogP contribution < -0.4 is 0 Å². The molecule has 0 aliphatic rings. The maximum atomic E-state index is 5.92. The molecule has 0 atom stereocenters.